The molecule has 3 rings (SSSR count). The van der Waals surface area contributed by atoms with Crippen LogP contribution in [0.5, 0.6) is 5.75 Å². The van der Waals surface area contributed by atoms with Crippen LogP contribution in [0.15, 0.2) is 78.9 Å². The molecule has 0 radical (unpaired) electrons. The zero-order valence-electron chi connectivity index (χ0n) is 17.9. The van der Waals surface area contributed by atoms with E-state index in [-0.39, 0.29) is 5.91 Å². The lowest BCUT2D eigenvalue weighted by Crippen LogP contribution is -2.22. The monoisotopic (exact) mass is 432 g/mol. The van der Waals surface area contributed by atoms with E-state index in [1.54, 1.807) is 62.6 Å². The van der Waals surface area contributed by atoms with Gasteiger partial charge in [-0.15, -0.1) is 0 Å². The average Bonchev–Trinajstić information content (AvgIpc) is 2.82. The molecular formula is C25H24N2O5. The number of carbonyl (C=O) groups is 3. The topological polar surface area (TPSA) is 84.9 Å². The van der Waals surface area contributed by atoms with E-state index >= 15 is 0 Å². The number of hydrogen-bond donors (Lipinski definition) is 1. The number of benzene rings is 3. The number of carbonyl (C=O) groups excluding carboxylic acids is 3. The van der Waals surface area contributed by atoms with Crippen molar-refractivity contribution in [1.82, 2.24) is 4.90 Å². The van der Waals surface area contributed by atoms with Gasteiger partial charge in [-0.1, -0.05) is 30.3 Å². The molecule has 0 bridgehead atoms. The largest absolute Gasteiger partial charge is 0.489 e. The second-order valence-corrected chi connectivity index (χ2v) is 7.20. The third kappa shape index (κ3) is 6.43. The smallest absolute Gasteiger partial charge is 0.338 e. The first-order valence-electron chi connectivity index (χ1n) is 9.98. The van der Waals surface area contributed by atoms with Gasteiger partial charge in [-0.05, 0) is 54.1 Å². The molecule has 0 aromatic heterocycles. The van der Waals surface area contributed by atoms with Crippen molar-refractivity contribution in [2.45, 2.75) is 6.61 Å². The number of hydrogen-bond acceptors (Lipinski definition) is 5. The fourth-order valence-electron chi connectivity index (χ4n) is 2.79. The third-order valence-electron chi connectivity index (χ3n) is 4.49. The van der Waals surface area contributed by atoms with E-state index in [1.165, 1.54) is 4.90 Å². The summed E-state index contributed by atoms with van der Waals surface area (Å²) < 4.78 is 10.8. The van der Waals surface area contributed by atoms with Crippen LogP contribution in [0.1, 0.15) is 26.3 Å². The number of amides is 2. The van der Waals surface area contributed by atoms with Crippen molar-refractivity contribution in [2.24, 2.45) is 0 Å². The maximum atomic E-state index is 12.2. The Hall–Kier alpha value is -4.13. The molecule has 0 saturated heterocycles. The number of ether oxygens (including phenoxy) is 2. The highest BCUT2D eigenvalue weighted by Crippen LogP contribution is 2.13. The van der Waals surface area contributed by atoms with Gasteiger partial charge in [0.25, 0.3) is 11.8 Å². The molecule has 0 unspecified atom stereocenters. The minimum atomic E-state index is -0.595. The summed E-state index contributed by atoms with van der Waals surface area (Å²) in [5, 5.41) is 2.63. The van der Waals surface area contributed by atoms with Crippen LogP contribution in [0.25, 0.3) is 0 Å². The minimum absolute atomic E-state index is 0.130. The molecule has 7 nitrogen and oxygen atoms in total. The fourth-order valence-corrected chi connectivity index (χ4v) is 2.79. The van der Waals surface area contributed by atoms with E-state index in [0.29, 0.717) is 23.4 Å². The normalized spacial score (nSPS) is 10.2. The van der Waals surface area contributed by atoms with E-state index in [1.807, 2.05) is 30.3 Å². The number of rotatable bonds is 8. The van der Waals surface area contributed by atoms with Gasteiger partial charge in [-0.2, -0.15) is 0 Å². The Kier molecular flexibility index (Phi) is 7.59. The fraction of sp³-hybridized carbons (Fsp3) is 0.160. The van der Waals surface area contributed by atoms with Crippen molar-refractivity contribution in [3.05, 3.63) is 95.6 Å². The van der Waals surface area contributed by atoms with Gasteiger partial charge in [-0.25, -0.2) is 4.79 Å². The molecule has 0 heterocycles. The lowest BCUT2D eigenvalue weighted by molar-refractivity contribution is -0.119. The summed E-state index contributed by atoms with van der Waals surface area (Å²) in [5.74, 6) is -0.434. The number of anilines is 1. The molecule has 0 aliphatic rings. The Morgan fingerprint density at radius 2 is 1.44 bits per heavy atom. The Labute approximate surface area is 186 Å². The standard InChI is InChI=1S/C25H24N2O5/c1-27(2)24(29)19-12-14-21(15-13-19)26-23(28)17-32-25(30)20-10-8-18(9-11-20)16-31-22-6-4-3-5-7-22/h3-15H,16-17H2,1-2H3,(H,26,28). The SMILES string of the molecule is CN(C)C(=O)c1ccc(NC(=O)COC(=O)c2ccc(COc3ccccc3)cc2)cc1. The average molecular weight is 432 g/mol. The summed E-state index contributed by atoms with van der Waals surface area (Å²) >= 11 is 0. The van der Waals surface area contributed by atoms with Gasteiger partial charge in [-0.3, -0.25) is 9.59 Å². The molecule has 0 aliphatic carbocycles. The van der Waals surface area contributed by atoms with E-state index < -0.39 is 18.5 Å². The highest BCUT2D eigenvalue weighted by molar-refractivity contribution is 5.97. The summed E-state index contributed by atoms with van der Waals surface area (Å²) in [5.41, 5.74) is 2.26. The second-order valence-electron chi connectivity index (χ2n) is 7.20. The van der Waals surface area contributed by atoms with Crippen molar-refractivity contribution in [3.63, 3.8) is 0 Å². The quantitative estimate of drug-likeness (QED) is 0.548. The molecule has 3 aromatic rings. The molecule has 1 N–H and O–H groups in total. The van der Waals surface area contributed by atoms with Crippen LogP contribution in [0.4, 0.5) is 5.69 Å². The third-order valence-corrected chi connectivity index (χ3v) is 4.49. The van der Waals surface area contributed by atoms with Crippen molar-refractivity contribution in [1.29, 1.82) is 0 Å². The maximum absolute atomic E-state index is 12.2. The van der Waals surface area contributed by atoms with Gasteiger partial charge in [0.2, 0.25) is 0 Å². The van der Waals surface area contributed by atoms with E-state index in [2.05, 4.69) is 5.32 Å². The molecule has 7 heteroatoms. The lowest BCUT2D eigenvalue weighted by Gasteiger charge is -2.11. The second kappa shape index (κ2) is 10.8. The predicted octanol–water partition coefficient (Wildman–Crippen LogP) is 3.76. The molecule has 2 amide bonds. The Morgan fingerprint density at radius 1 is 0.812 bits per heavy atom. The predicted molar refractivity (Wildman–Crippen MR) is 121 cm³/mol. The van der Waals surface area contributed by atoms with Gasteiger partial charge in [0, 0.05) is 25.3 Å². The highest BCUT2D eigenvalue weighted by atomic mass is 16.5. The highest BCUT2D eigenvalue weighted by Gasteiger charge is 2.12. The minimum Gasteiger partial charge on any atom is -0.489 e. The van der Waals surface area contributed by atoms with Crippen molar-refractivity contribution >= 4 is 23.5 Å². The number of nitrogens with one attached hydrogen (secondary N) is 1. The summed E-state index contributed by atoms with van der Waals surface area (Å²) in [6, 6.07) is 22.7. The van der Waals surface area contributed by atoms with Crippen LogP contribution >= 0.6 is 0 Å². The number of para-hydroxylation sites is 1. The Balaban J connectivity index is 1.45. The zero-order chi connectivity index (χ0) is 22.9. The molecular weight excluding hydrogens is 408 g/mol. The summed E-state index contributed by atoms with van der Waals surface area (Å²) in [7, 11) is 3.33. The van der Waals surface area contributed by atoms with E-state index in [9.17, 15) is 14.4 Å². The maximum Gasteiger partial charge on any atom is 0.338 e. The summed E-state index contributed by atoms with van der Waals surface area (Å²) in [6.07, 6.45) is 0. The first-order chi connectivity index (χ1) is 15.4. The van der Waals surface area contributed by atoms with Crippen LogP contribution < -0.4 is 10.1 Å². The van der Waals surface area contributed by atoms with Crippen molar-refractivity contribution in [3.8, 4) is 5.75 Å². The van der Waals surface area contributed by atoms with E-state index in [4.69, 9.17) is 9.47 Å². The first-order valence-corrected chi connectivity index (χ1v) is 9.98. The van der Waals surface area contributed by atoms with Crippen molar-refractivity contribution < 1.29 is 23.9 Å². The molecule has 0 atom stereocenters. The van der Waals surface area contributed by atoms with Gasteiger partial charge in [0.1, 0.15) is 12.4 Å². The van der Waals surface area contributed by atoms with Crippen LogP contribution in [0, 0.1) is 0 Å². The molecule has 0 aliphatic heterocycles. The Morgan fingerprint density at radius 3 is 2.06 bits per heavy atom. The number of nitrogens with zero attached hydrogens (tertiary/aromatic N) is 1. The van der Waals surface area contributed by atoms with Gasteiger partial charge >= 0.3 is 5.97 Å². The molecule has 32 heavy (non-hydrogen) atoms. The van der Waals surface area contributed by atoms with Crippen LogP contribution in [0.2, 0.25) is 0 Å². The molecule has 0 saturated carbocycles. The van der Waals surface area contributed by atoms with Crippen molar-refractivity contribution in [2.75, 3.05) is 26.0 Å². The van der Waals surface area contributed by atoms with Crippen LogP contribution in [0.3, 0.4) is 0 Å². The molecule has 0 fully saturated rings. The Bertz CT molecular complexity index is 1060. The van der Waals surface area contributed by atoms with Crippen LogP contribution in [-0.4, -0.2) is 43.4 Å². The van der Waals surface area contributed by atoms with E-state index in [0.717, 1.165) is 11.3 Å². The zero-order valence-corrected chi connectivity index (χ0v) is 17.9. The molecule has 0 spiro atoms. The van der Waals surface area contributed by atoms with Gasteiger partial charge in [0.05, 0.1) is 5.56 Å². The lowest BCUT2D eigenvalue weighted by atomic mass is 10.1. The number of esters is 1. The molecule has 164 valence electrons. The molecule has 3 aromatic carbocycles. The summed E-state index contributed by atoms with van der Waals surface area (Å²) in [6.45, 7) is -0.0449. The summed E-state index contributed by atoms with van der Waals surface area (Å²) in [4.78, 5) is 37.6. The van der Waals surface area contributed by atoms with Crippen LogP contribution in [-0.2, 0) is 16.1 Å². The van der Waals surface area contributed by atoms with Gasteiger partial charge in [0.15, 0.2) is 6.61 Å². The first kappa shape index (κ1) is 22.6. The van der Waals surface area contributed by atoms with Gasteiger partial charge < -0.3 is 19.7 Å².